The molecule has 3 N–H and O–H groups in total. The maximum absolute atomic E-state index is 11.9. The van der Waals surface area contributed by atoms with Gasteiger partial charge in [-0.2, -0.15) is 5.10 Å². The molecule has 0 radical (unpaired) electrons. The molecule has 18 heavy (non-hydrogen) atoms. The minimum absolute atomic E-state index is 0. The molecular formula is C11H14BrClN4O. The van der Waals surface area contributed by atoms with E-state index in [1.807, 2.05) is 25.2 Å². The van der Waals surface area contributed by atoms with E-state index in [0.29, 0.717) is 12.2 Å². The first-order valence-corrected chi connectivity index (χ1v) is 6.08. The van der Waals surface area contributed by atoms with Crippen LogP contribution in [0.3, 0.4) is 0 Å². The Morgan fingerprint density at radius 1 is 1.44 bits per heavy atom. The Kier molecular flexibility index (Phi) is 5.58. The van der Waals surface area contributed by atoms with Crippen molar-refractivity contribution in [3.63, 3.8) is 0 Å². The highest BCUT2D eigenvalue weighted by atomic mass is 79.9. The van der Waals surface area contributed by atoms with Crippen molar-refractivity contribution in [3.05, 3.63) is 28.4 Å². The van der Waals surface area contributed by atoms with Crippen LogP contribution in [0.25, 0.3) is 10.9 Å². The molecular weight excluding hydrogens is 320 g/mol. The molecule has 0 saturated heterocycles. The largest absolute Gasteiger partial charge is 0.349 e. The number of halogens is 2. The Morgan fingerprint density at radius 3 is 2.94 bits per heavy atom. The smallest absolute Gasteiger partial charge is 0.272 e. The molecule has 7 heteroatoms. The molecule has 0 saturated carbocycles. The quantitative estimate of drug-likeness (QED) is 0.746. The first-order chi connectivity index (χ1) is 8.22. The van der Waals surface area contributed by atoms with Gasteiger partial charge in [0.25, 0.3) is 5.91 Å². The maximum atomic E-state index is 11.9. The Hall–Kier alpha value is -1.11. The van der Waals surface area contributed by atoms with E-state index >= 15 is 0 Å². The van der Waals surface area contributed by atoms with E-state index in [2.05, 4.69) is 36.8 Å². The summed E-state index contributed by atoms with van der Waals surface area (Å²) >= 11 is 3.38. The van der Waals surface area contributed by atoms with Gasteiger partial charge in [-0.25, -0.2) is 0 Å². The highest BCUT2D eigenvalue weighted by Gasteiger charge is 2.13. The Morgan fingerprint density at radius 2 is 2.22 bits per heavy atom. The molecule has 0 bridgehead atoms. The zero-order valence-corrected chi connectivity index (χ0v) is 12.2. The Labute approximate surface area is 119 Å². The van der Waals surface area contributed by atoms with E-state index < -0.39 is 0 Å². The van der Waals surface area contributed by atoms with Crippen molar-refractivity contribution in [1.29, 1.82) is 0 Å². The van der Waals surface area contributed by atoms with Gasteiger partial charge in [0.15, 0.2) is 5.69 Å². The van der Waals surface area contributed by atoms with E-state index in [9.17, 15) is 4.79 Å². The van der Waals surface area contributed by atoms with E-state index in [1.165, 1.54) is 0 Å². The number of hydrogen-bond donors (Lipinski definition) is 3. The fourth-order valence-electron chi connectivity index (χ4n) is 1.54. The summed E-state index contributed by atoms with van der Waals surface area (Å²) in [5.41, 5.74) is 1.28. The van der Waals surface area contributed by atoms with Gasteiger partial charge in [-0.05, 0) is 25.2 Å². The summed E-state index contributed by atoms with van der Waals surface area (Å²) in [6.45, 7) is 1.31. The normalized spacial score (nSPS) is 10.1. The highest BCUT2D eigenvalue weighted by molar-refractivity contribution is 9.10. The molecule has 5 nitrogen and oxygen atoms in total. The van der Waals surface area contributed by atoms with Crippen molar-refractivity contribution in [1.82, 2.24) is 20.8 Å². The number of nitrogens with one attached hydrogen (secondary N) is 3. The van der Waals surface area contributed by atoms with Crippen molar-refractivity contribution in [2.75, 3.05) is 20.1 Å². The van der Waals surface area contributed by atoms with Gasteiger partial charge in [-0.3, -0.25) is 9.89 Å². The van der Waals surface area contributed by atoms with Gasteiger partial charge in [0.2, 0.25) is 0 Å². The van der Waals surface area contributed by atoms with Crippen molar-refractivity contribution in [2.45, 2.75) is 0 Å². The molecule has 2 rings (SSSR count). The van der Waals surface area contributed by atoms with E-state index in [0.717, 1.165) is 21.9 Å². The minimum atomic E-state index is -0.162. The number of likely N-dealkylation sites (N-methyl/N-ethyl adjacent to an activating group) is 1. The average molecular weight is 334 g/mol. The first kappa shape index (κ1) is 14.9. The van der Waals surface area contributed by atoms with Crippen LogP contribution in [0.1, 0.15) is 10.5 Å². The number of aromatic nitrogens is 2. The topological polar surface area (TPSA) is 69.8 Å². The monoisotopic (exact) mass is 332 g/mol. The standard InChI is InChI=1S/C11H13BrN4O.ClH/c1-13-4-5-14-11(17)10-8-6-7(12)2-3-9(8)15-16-10;/h2-3,6,13H,4-5H2,1H3,(H,14,17)(H,15,16);1H. The fraction of sp³-hybridized carbons (Fsp3) is 0.273. The minimum Gasteiger partial charge on any atom is -0.349 e. The lowest BCUT2D eigenvalue weighted by atomic mass is 10.2. The zero-order valence-electron chi connectivity index (χ0n) is 9.79. The molecule has 0 spiro atoms. The van der Waals surface area contributed by atoms with Crippen LogP contribution in [0.4, 0.5) is 0 Å². The number of fused-ring (bicyclic) bond motifs is 1. The molecule has 1 aromatic carbocycles. The van der Waals surface area contributed by atoms with Crippen LogP contribution in [0.5, 0.6) is 0 Å². The molecule has 0 aliphatic rings. The van der Waals surface area contributed by atoms with Crippen molar-refractivity contribution >= 4 is 45.1 Å². The summed E-state index contributed by atoms with van der Waals surface area (Å²) in [4.78, 5) is 11.9. The van der Waals surface area contributed by atoms with Gasteiger partial charge in [-0.15, -0.1) is 12.4 Å². The van der Waals surface area contributed by atoms with E-state index in [-0.39, 0.29) is 18.3 Å². The van der Waals surface area contributed by atoms with Crippen molar-refractivity contribution < 1.29 is 4.79 Å². The summed E-state index contributed by atoms with van der Waals surface area (Å²) in [5.74, 6) is -0.162. The van der Waals surface area contributed by atoms with Gasteiger partial charge in [-0.1, -0.05) is 15.9 Å². The lowest BCUT2D eigenvalue weighted by Crippen LogP contribution is -2.30. The maximum Gasteiger partial charge on any atom is 0.272 e. The van der Waals surface area contributed by atoms with Gasteiger partial charge < -0.3 is 10.6 Å². The van der Waals surface area contributed by atoms with E-state index in [1.54, 1.807) is 0 Å². The Balaban J connectivity index is 0.00000162. The zero-order chi connectivity index (χ0) is 12.3. The van der Waals surface area contributed by atoms with Crippen LogP contribution in [0.2, 0.25) is 0 Å². The summed E-state index contributed by atoms with van der Waals surface area (Å²) in [6.07, 6.45) is 0. The third-order valence-corrected chi connectivity index (χ3v) is 2.89. The van der Waals surface area contributed by atoms with Crippen LogP contribution >= 0.6 is 28.3 Å². The average Bonchev–Trinajstić information content (AvgIpc) is 2.72. The molecule has 0 unspecified atom stereocenters. The lowest BCUT2D eigenvalue weighted by Gasteiger charge is -2.02. The highest BCUT2D eigenvalue weighted by Crippen LogP contribution is 2.20. The number of hydrogen-bond acceptors (Lipinski definition) is 3. The number of H-pyrrole nitrogens is 1. The summed E-state index contributed by atoms with van der Waals surface area (Å²) < 4.78 is 0.927. The Bertz CT molecular complexity index is 543. The number of amides is 1. The molecule has 0 aliphatic carbocycles. The van der Waals surface area contributed by atoms with Crippen LogP contribution in [0, 0.1) is 0 Å². The van der Waals surface area contributed by atoms with Gasteiger partial charge in [0.1, 0.15) is 0 Å². The number of benzene rings is 1. The molecule has 1 amide bonds. The van der Waals surface area contributed by atoms with Crippen LogP contribution in [-0.4, -0.2) is 36.2 Å². The third-order valence-electron chi connectivity index (χ3n) is 2.40. The van der Waals surface area contributed by atoms with Crippen LogP contribution in [-0.2, 0) is 0 Å². The number of carbonyl (C=O) groups excluding carboxylic acids is 1. The van der Waals surface area contributed by atoms with E-state index in [4.69, 9.17) is 0 Å². The van der Waals surface area contributed by atoms with Gasteiger partial charge in [0.05, 0.1) is 5.52 Å². The fourth-order valence-corrected chi connectivity index (χ4v) is 1.91. The number of rotatable bonds is 4. The summed E-state index contributed by atoms with van der Waals surface area (Å²) in [7, 11) is 1.84. The van der Waals surface area contributed by atoms with Crippen LogP contribution < -0.4 is 10.6 Å². The van der Waals surface area contributed by atoms with Gasteiger partial charge >= 0.3 is 0 Å². The third kappa shape index (κ3) is 3.22. The van der Waals surface area contributed by atoms with Crippen LogP contribution in [0.15, 0.2) is 22.7 Å². The molecule has 1 aromatic heterocycles. The first-order valence-electron chi connectivity index (χ1n) is 5.29. The number of aromatic amines is 1. The molecule has 0 fully saturated rings. The number of nitrogens with zero attached hydrogens (tertiary/aromatic N) is 1. The van der Waals surface area contributed by atoms with Gasteiger partial charge in [0, 0.05) is 22.9 Å². The lowest BCUT2D eigenvalue weighted by molar-refractivity contribution is 0.0951. The predicted molar refractivity (Wildman–Crippen MR) is 77.3 cm³/mol. The van der Waals surface area contributed by atoms with Crippen molar-refractivity contribution in [3.8, 4) is 0 Å². The molecule has 0 atom stereocenters. The second-order valence-electron chi connectivity index (χ2n) is 3.62. The summed E-state index contributed by atoms with van der Waals surface area (Å²) in [5, 5.41) is 13.5. The SMILES string of the molecule is CNCCNC(=O)c1n[nH]c2ccc(Br)cc12.Cl. The molecule has 1 heterocycles. The molecule has 98 valence electrons. The summed E-state index contributed by atoms with van der Waals surface area (Å²) in [6, 6.07) is 5.67. The molecule has 0 aliphatic heterocycles. The second kappa shape index (κ2) is 6.72. The van der Waals surface area contributed by atoms with Crippen molar-refractivity contribution in [2.24, 2.45) is 0 Å². The predicted octanol–water partition coefficient (Wildman–Crippen LogP) is 1.70. The number of carbonyl (C=O) groups is 1. The molecule has 2 aromatic rings. The second-order valence-corrected chi connectivity index (χ2v) is 4.54.